The molecule has 2 amide bonds. The minimum absolute atomic E-state index is 0.0544. The average molecular weight is 451 g/mol. The zero-order valence-electron chi connectivity index (χ0n) is 19.4. The topological polar surface area (TPSA) is 81.0 Å². The first-order chi connectivity index (χ1) is 16.0. The maximum atomic E-state index is 12.8. The quantitative estimate of drug-likeness (QED) is 0.524. The summed E-state index contributed by atoms with van der Waals surface area (Å²) in [6.45, 7) is 4.74. The van der Waals surface area contributed by atoms with E-state index in [2.05, 4.69) is 17.4 Å². The standard InChI is InChI=1S/C26H30N2O5/c1-4-31-22-10-9-20(14-24(22)32-5-2)27-25(29)15-28(3)26(30)13-19-16-33-23-12-18-8-6-7-17(18)11-21(19)23/h9-12,14,16H,4-8,13,15H2,1-3H3,(H,27,29). The Balaban J connectivity index is 1.37. The molecule has 7 nitrogen and oxygen atoms in total. The molecule has 1 aliphatic rings. The Hall–Kier alpha value is -3.48. The average Bonchev–Trinajstić information content (AvgIpc) is 3.40. The van der Waals surface area contributed by atoms with Gasteiger partial charge in [0, 0.05) is 29.8 Å². The van der Waals surface area contributed by atoms with Gasteiger partial charge in [-0.2, -0.15) is 0 Å². The van der Waals surface area contributed by atoms with E-state index >= 15 is 0 Å². The van der Waals surface area contributed by atoms with Crippen molar-refractivity contribution in [2.45, 2.75) is 39.5 Å². The van der Waals surface area contributed by atoms with Gasteiger partial charge in [-0.15, -0.1) is 0 Å². The number of amides is 2. The molecule has 0 radical (unpaired) electrons. The number of aryl methyl sites for hydroxylation is 2. The molecule has 33 heavy (non-hydrogen) atoms. The van der Waals surface area contributed by atoms with Crippen molar-refractivity contribution in [3.8, 4) is 11.5 Å². The van der Waals surface area contributed by atoms with E-state index in [0.29, 0.717) is 30.4 Å². The molecule has 0 saturated carbocycles. The smallest absolute Gasteiger partial charge is 0.243 e. The van der Waals surface area contributed by atoms with E-state index in [1.807, 2.05) is 13.8 Å². The summed E-state index contributed by atoms with van der Waals surface area (Å²) in [6.07, 6.45) is 5.15. The second-order valence-corrected chi connectivity index (χ2v) is 8.23. The lowest BCUT2D eigenvalue weighted by Crippen LogP contribution is -2.35. The number of rotatable bonds is 9. The summed E-state index contributed by atoms with van der Waals surface area (Å²) in [5.74, 6) is 0.768. The number of likely N-dealkylation sites (N-methyl/N-ethyl adjacent to an activating group) is 1. The summed E-state index contributed by atoms with van der Waals surface area (Å²) < 4.78 is 16.9. The molecule has 0 unspecified atom stereocenters. The summed E-state index contributed by atoms with van der Waals surface area (Å²) in [7, 11) is 1.63. The minimum Gasteiger partial charge on any atom is -0.490 e. The molecule has 1 aliphatic carbocycles. The van der Waals surface area contributed by atoms with Gasteiger partial charge in [0.1, 0.15) is 5.58 Å². The first-order valence-corrected chi connectivity index (χ1v) is 11.4. The molecule has 0 bridgehead atoms. The van der Waals surface area contributed by atoms with Gasteiger partial charge in [0.05, 0.1) is 32.4 Å². The van der Waals surface area contributed by atoms with Gasteiger partial charge >= 0.3 is 0 Å². The van der Waals surface area contributed by atoms with E-state index < -0.39 is 0 Å². The van der Waals surface area contributed by atoms with Gasteiger partial charge < -0.3 is 24.1 Å². The van der Waals surface area contributed by atoms with Crippen LogP contribution < -0.4 is 14.8 Å². The summed E-state index contributed by atoms with van der Waals surface area (Å²) >= 11 is 0. The molecule has 4 rings (SSSR count). The normalized spacial score (nSPS) is 12.5. The molecule has 0 fully saturated rings. The van der Waals surface area contributed by atoms with Gasteiger partial charge in [-0.25, -0.2) is 0 Å². The van der Waals surface area contributed by atoms with Crippen LogP contribution in [-0.2, 0) is 28.9 Å². The van der Waals surface area contributed by atoms with E-state index in [4.69, 9.17) is 13.9 Å². The van der Waals surface area contributed by atoms with E-state index in [9.17, 15) is 9.59 Å². The van der Waals surface area contributed by atoms with Gasteiger partial charge in [0.2, 0.25) is 11.8 Å². The van der Waals surface area contributed by atoms with Gasteiger partial charge in [-0.3, -0.25) is 9.59 Å². The lowest BCUT2D eigenvalue weighted by atomic mass is 10.0. The highest BCUT2D eigenvalue weighted by molar-refractivity contribution is 5.95. The Morgan fingerprint density at radius 1 is 1.03 bits per heavy atom. The molecule has 1 N–H and O–H groups in total. The predicted molar refractivity (Wildman–Crippen MR) is 127 cm³/mol. The van der Waals surface area contributed by atoms with Crippen LogP contribution >= 0.6 is 0 Å². The van der Waals surface area contributed by atoms with Crippen molar-refractivity contribution >= 4 is 28.5 Å². The van der Waals surface area contributed by atoms with E-state index in [1.165, 1.54) is 16.0 Å². The molecule has 1 heterocycles. The third-order valence-electron chi connectivity index (χ3n) is 5.84. The van der Waals surface area contributed by atoms with Gasteiger partial charge in [0.25, 0.3) is 0 Å². The fourth-order valence-corrected chi connectivity index (χ4v) is 4.22. The van der Waals surface area contributed by atoms with Crippen LogP contribution in [0.5, 0.6) is 11.5 Å². The summed E-state index contributed by atoms with van der Waals surface area (Å²) in [4.78, 5) is 26.8. The molecular weight excluding hydrogens is 420 g/mol. The summed E-state index contributed by atoms with van der Waals surface area (Å²) in [6, 6.07) is 9.49. The lowest BCUT2D eigenvalue weighted by molar-refractivity contribution is -0.132. The molecule has 2 aromatic carbocycles. The van der Waals surface area contributed by atoms with Crippen LogP contribution in [0.2, 0.25) is 0 Å². The lowest BCUT2D eigenvalue weighted by Gasteiger charge is -2.17. The Kier molecular flexibility index (Phi) is 6.87. The zero-order chi connectivity index (χ0) is 23.4. The fraction of sp³-hybridized carbons (Fsp3) is 0.385. The van der Waals surface area contributed by atoms with Gasteiger partial charge in [0.15, 0.2) is 11.5 Å². The highest BCUT2D eigenvalue weighted by atomic mass is 16.5. The molecule has 0 saturated heterocycles. The molecular formula is C26H30N2O5. The largest absolute Gasteiger partial charge is 0.490 e. The van der Waals surface area contributed by atoms with Crippen LogP contribution in [0.4, 0.5) is 5.69 Å². The number of anilines is 1. The second-order valence-electron chi connectivity index (χ2n) is 8.23. The van der Waals surface area contributed by atoms with Crippen molar-refractivity contribution in [1.82, 2.24) is 4.90 Å². The van der Waals surface area contributed by atoms with E-state index in [-0.39, 0.29) is 24.8 Å². The van der Waals surface area contributed by atoms with Crippen molar-refractivity contribution in [3.05, 3.63) is 53.3 Å². The monoisotopic (exact) mass is 450 g/mol. The molecule has 3 aromatic rings. The highest BCUT2D eigenvalue weighted by Crippen LogP contribution is 2.31. The van der Waals surface area contributed by atoms with Crippen molar-refractivity contribution in [3.63, 3.8) is 0 Å². The number of hydrogen-bond acceptors (Lipinski definition) is 5. The number of carbonyl (C=O) groups is 2. The summed E-state index contributed by atoms with van der Waals surface area (Å²) in [5.41, 5.74) is 4.93. The first-order valence-electron chi connectivity index (χ1n) is 11.4. The number of nitrogens with zero attached hydrogens (tertiary/aromatic N) is 1. The Labute approximate surface area is 193 Å². The summed E-state index contributed by atoms with van der Waals surface area (Å²) in [5, 5.41) is 3.81. The van der Waals surface area contributed by atoms with Crippen molar-refractivity contribution < 1.29 is 23.5 Å². The molecule has 7 heteroatoms. The third kappa shape index (κ3) is 5.13. The Morgan fingerprint density at radius 2 is 1.76 bits per heavy atom. The number of ether oxygens (including phenoxy) is 2. The Bertz CT molecular complexity index is 1170. The number of fused-ring (bicyclic) bond motifs is 2. The molecule has 1 aromatic heterocycles. The molecule has 174 valence electrons. The van der Waals surface area contributed by atoms with Crippen molar-refractivity contribution in [2.75, 3.05) is 32.1 Å². The molecule has 0 atom stereocenters. The SMILES string of the molecule is CCOc1ccc(NC(=O)CN(C)C(=O)Cc2coc3cc4c(cc23)CCC4)cc1OCC. The van der Waals surface area contributed by atoms with Crippen LogP contribution in [0.3, 0.4) is 0 Å². The molecule has 0 aliphatic heterocycles. The maximum Gasteiger partial charge on any atom is 0.243 e. The first kappa shape index (κ1) is 22.7. The van der Waals surface area contributed by atoms with E-state index in [1.54, 1.807) is 31.5 Å². The highest BCUT2D eigenvalue weighted by Gasteiger charge is 2.19. The molecule has 0 spiro atoms. The van der Waals surface area contributed by atoms with E-state index in [0.717, 1.165) is 35.8 Å². The zero-order valence-corrected chi connectivity index (χ0v) is 19.4. The Morgan fingerprint density at radius 3 is 2.52 bits per heavy atom. The predicted octanol–water partition coefficient (Wildman–Crippen LogP) is 4.36. The number of furan rings is 1. The number of nitrogens with one attached hydrogen (secondary N) is 1. The van der Waals surface area contributed by atoms with Crippen molar-refractivity contribution in [1.29, 1.82) is 0 Å². The maximum absolute atomic E-state index is 12.8. The number of carbonyl (C=O) groups excluding carboxylic acids is 2. The number of hydrogen-bond donors (Lipinski definition) is 1. The van der Waals surface area contributed by atoms with Crippen LogP contribution in [0.15, 0.2) is 41.0 Å². The van der Waals surface area contributed by atoms with Crippen LogP contribution in [0, 0.1) is 0 Å². The fourth-order valence-electron chi connectivity index (χ4n) is 4.22. The van der Waals surface area contributed by atoms with Crippen LogP contribution in [-0.4, -0.2) is 43.5 Å². The van der Waals surface area contributed by atoms with Gasteiger partial charge in [-0.1, -0.05) is 0 Å². The van der Waals surface area contributed by atoms with Crippen molar-refractivity contribution in [2.24, 2.45) is 0 Å². The second kappa shape index (κ2) is 9.98. The third-order valence-corrected chi connectivity index (χ3v) is 5.84. The number of benzene rings is 2. The van der Waals surface area contributed by atoms with Crippen LogP contribution in [0.1, 0.15) is 37.0 Å². The minimum atomic E-state index is -0.285. The van der Waals surface area contributed by atoms with Gasteiger partial charge in [-0.05, 0) is 68.5 Å². The van der Waals surface area contributed by atoms with Crippen LogP contribution in [0.25, 0.3) is 11.0 Å².